The monoisotopic (exact) mass is 502 g/mol. The van der Waals surface area contributed by atoms with E-state index in [0.717, 1.165) is 6.92 Å². The molecule has 0 radical (unpaired) electrons. The van der Waals surface area contributed by atoms with E-state index >= 15 is 4.39 Å². The van der Waals surface area contributed by atoms with E-state index in [-0.39, 0.29) is 49.2 Å². The first-order chi connectivity index (χ1) is 16.2. The SMILES string of the molecule is CC(=O)Nc1ncnc2c1ncn2[C@@H]1O[C@H](COP(=O)(O)N2CCOCC2)[C@H](F)C1OC(C)=O. The molecular formula is C18H24FN6O8P. The van der Waals surface area contributed by atoms with E-state index in [1.807, 2.05) is 0 Å². The molecule has 14 nitrogen and oxygen atoms in total. The van der Waals surface area contributed by atoms with Gasteiger partial charge in [-0.3, -0.25) is 18.7 Å². The van der Waals surface area contributed by atoms with Gasteiger partial charge in [0.1, 0.15) is 12.4 Å². The van der Waals surface area contributed by atoms with Gasteiger partial charge in [-0.1, -0.05) is 0 Å². The summed E-state index contributed by atoms with van der Waals surface area (Å²) >= 11 is 0. The minimum Gasteiger partial charge on any atom is -0.454 e. The number of halogens is 1. The highest BCUT2D eigenvalue weighted by Crippen LogP contribution is 2.47. The largest absolute Gasteiger partial charge is 0.454 e. The molecular weight excluding hydrogens is 478 g/mol. The fourth-order valence-corrected chi connectivity index (χ4v) is 4.90. The van der Waals surface area contributed by atoms with Gasteiger partial charge in [-0.2, -0.15) is 0 Å². The number of morpholine rings is 1. The Morgan fingerprint density at radius 2 is 2.03 bits per heavy atom. The van der Waals surface area contributed by atoms with Crippen LogP contribution in [0.4, 0.5) is 10.2 Å². The zero-order valence-electron chi connectivity index (χ0n) is 18.4. The minimum atomic E-state index is -4.21. The Morgan fingerprint density at radius 1 is 1.29 bits per heavy atom. The third-order valence-electron chi connectivity index (χ3n) is 5.25. The van der Waals surface area contributed by atoms with Crippen LogP contribution in [-0.2, 0) is 32.9 Å². The highest BCUT2D eigenvalue weighted by molar-refractivity contribution is 7.50. The number of amides is 1. The maximum absolute atomic E-state index is 15.3. The van der Waals surface area contributed by atoms with Gasteiger partial charge in [0.05, 0.1) is 26.1 Å². The molecule has 16 heteroatoms. The first-order valence-electron chi connectivity index (χ1n) is 10.4. The number of carbonyl (C=O) groups excluding carboxylic acids is 2. The van der Waals surface area contributed by atoms with E-state index in [1.54, 1.807) is 0 Å². The molecule has 186 valence electrons. The lowest BCUT2D eigenvalue weighted by Crippen LogP contribution is -2.36. The molecule has 0 aromatic carbocycles. The molecule has 2 aliphatic rings. The number of ether oxygens (including phenoxy) is 3. The number of aromatic nitrogens is 4. The number of anilines is 1. The lowest BCUT2D eigenvalue weighted by atomic mass is 10.1. The van der Waals surface area contributed by atoms with Crippen molar-refractivity contribution in [3.63, 3.8) is 0 Å². The van der Waals surface area contributed by atoms with Gasteiger partial charge in [0.25, 0.3) is 0 Å². The molecule has 2 unspecified atom stereocenters. The van der Waals surface area contributed by atoms with Crippen LogP contribution in [0, 0.1) is 0 Å². The predicted molar refractivity (Wildman–Crippen MR) is 112 cm³/mol. The second-order valence-corrected chi connectivity index (χ2v) is 9.47. The van der Waals surface area contributed by atoms with Crippen LogP contribution in [0.5, 0.6) is 0 Å². The van der Waals surface area contributed by atoms with Crippen LogP contribution < -0.4 is 5.32 Å². The molecule has 34 heavy (non-hydrogen) atoms. The predicted octanol–water partition coefficient (Wildman–Crippen LogP) is 0.401. The van der Waals surface area contributed by atoms with Crippen molar-refractivity contribution in [3.05, 3.63) is 12.7 Å². The third-order valence-corrected chi connectivity index (χ3v) is 6.85. The second kappa shape index (κ2) is 9.98. The number of fused-ring (bicyclic) bond motifs is 1. The fourth-order valence-electron chi connectivity index (χ4n) is 3.73. The van der Waals surface area contributed by atoms with Crippen LogP contribution in [0.1, 0.15) is 20.1 Å². The Bertz CT molecular complexity index is 1110. The minimum absolute atomic E-state index is 0.140. The van der Waals surface area contributed by atoms with Gasteiger partial charge in [-0.25, -0.2) is 28.6 Å². The molecule has 5 atom stereocenters. The standard InChI is InChI=1S/C18H24FN6O8P/c1-10(26)23-16-14-17(21-8-20-16)25(9-22-14)18-15(32-11(2)27)13(19)12(33-18)7-31-34(28,29)24-3-5-30-6-4-24/h8-9,12-13,15,18H,3-7H2,1-2H3,(H,28,29)(H,20,21,23,26)/t12-,13+,15?,18-/m1/s1. The van der Waals surface area contributed by atoms with E-state index < -0.39 is 44.9 Å². The average molecular weight is 502 g/mol. The van der Waals surface area contributed by atoms with Crippen molar-refractivity contribution in [1.29, 1.82) is 0 Å². The van der Waals surface area contributed by atoms with Crippen LogP contribution in [0.2, 0.25) is 0 Å². The van der Waals surface area contributed by atoms with Crippen molar-refractivity contribution in [2.24, 2.45) is 0 Å². The summed E-state index contributed by atoms with van der Waals surface area (Å²) in [7, 11) is -4.21. The number of carbonyl (C=O) groups is 2. The summed E-state index contributed by atoms with van der Waals surface area (Å²) in [6.45, 7) is 2.77. The molecule has 2 aliphatic heterocycles. The van der Waals surface area contributed by atoms with Gasteiger partial charge in [-0.05, 0) is 0 Å². The Morgan fingerprint density at radius 3 is 2.71 bits per heavy atom. The molecule has 0 aliphatic carbocycles. The molecule has 2 saturated heterocycles. The number of alkyl halides is 1. The Labute approximate surface area is 192 Å². The fraction of sp³-hybridized carbons (Fsp3) is 0.611. The Hall–Kier alpha value is -2.55. The van der Waals surface area contributed by atoms with Crippen molar-refractivity contribution in [3.8, 4) is 0 Å². The van der Waals surface area contributed by atoms with Crippen LogP contribution in [-0.4, -0.2) is 92.2 Å². The summed E-state index contributed by atoms with van der Waals surface area (Å²) < 4.78 is 51.7. The molecule has 2 aromatic rings. The summed E-state index contributed by atoms with van der Waals surface area (Å²) in [5.41, 5.74) is 0.404. The van der Waals surface area contributed by atoms with Crippen LogP contribution in [0.25, 0.3) is 11.2 Å². The molecule has 2 N–H and O–H groups in total. The van der Waals surface area contributed by atoms with E-state index in [9.17, 15) is 19.0 Å². The highest BCUT2D eigenvalue weighted by Gasteiger charge is 2.50. The smallest absolute Gasteiger partial charge is 0.405 e. The third kappa shape index (κ3) is 5.09. The van der Waals surface area contributed by atoms with Gasteiger partial charge in [0.15, 0.2) is 35.5 Å². The van der Waals surface area contributed by atoms with Crippen molar-refractivity contribution < 1.29 is 42.2 Å². The first-order valence-corrected chi connectivity index (χ1v) is 11.9. The molecule has 4 rings (SSSR count). The molecule has 2 aromatic heterocycles. The van der Waals surface area contributed by atoms with E-state index in [2.05, 4.69) is 20.3 Å². The quantitative estimate of drug-likeness (QED) is 0.396. The number of hydrogen-bond donors (Lipinski definition) is 2. The summed E-state index contributed by atoms with van der Waals surface area (Å²) in [4.78, 5) is 45.6. The van der Waals surface area contributed by atoms with Crippen LogP contribution >= 0.6 is 7.75 Å². The number of esters is 1. The van der Waals surface area contributed by atoms with Gasteiger partial charge >= 0.3 is 13.7 Å². The Balaban J connectivity index is 1.57. The van der Waals surface area contributed by atoms with Crippen molar-refractivity contribution in [2.75, 3.05) is 38.2 Å². The first kappa shape index (κ1) is 24.6. The molecule has 0 spiro atoms. The van der Waals surface area contributed by atoms with E-state index in [4.69, 9.17) is 18.7 Å². The Kier molecular flexibility index (Phi) is 7.21. The van der Waals surface area contributed by atoms with Crippen molar-refractivity contribution >= 4 is 36.6 Å². The molecule has 0 saturated carbocycles. The normalized spacial score (nSPS) is 27.4. The summed E-state index contributed by atoms with van der Waals surface area (Å²) in [5, 5.41) is 2.52. The molecule has 0 bridgehead atoms. The number of nitrogens with one attached hydrogen (secondary N) is 1. The summed E-state index contributed by atoms with van der Waals surface area (Å²) in [6, 6.07) is 0. The van der Waals surface area contributed by atoms with Crippen molar-refractivity contribution in [2.45, 2.75) is 38.5 Å². The zero-order chi connectivity index (χ0) is 24.5. The highest BCUT2D eigenvalue weighted by atomic mass is 31.2. The van der Waals surface area contributed by atoms with Crippen molar-refractivity contribution in [1.82, 2.24) is 24.2 Å². The number of nitrogens with zero attached hydrogens (tertiary/aromatic N) is 5. The van der Waals surface area contributed by atoms with Gasteiger partial charge in [0.2, 0.25) is 5.91 Å². The second-order valence-electron chi connectivity index (χ2n) is 7.66. The van der Waals surface area contributed by atoms with E-state index in [1.165, 1.54) is 28.8 Å². The molecule has 4 heterocycles. The number of imidazole rings is 1. The summed E-state index contributed by atoms with van der Waals surface area (Å²) in [6.07, 6.45) is -3.37. The van der Waals surface area contributed by atoms with Crippen LogP contribution in [0.15, 0.2) is 12.7 Å². The summed E-state index contributed by atoms with van der Waals surface area (Å²) in [5.74, 6) is -0.983. The average Bonchev–Trinajstić information content (AvgIpc) is 3.35. The number of rotatable bonds is 7. The lowest BCUT2D eigenvalue weighted by Gasteiger charge is -2.30. The van der Waals surface area contributed by atoms with Gasteiger partial charge in [0, 0.05) is 26.9 Å². The lowest BCUT2D eigenvalue weighted by molar-refractivity contribution is -0.154. The molecule has 2 fully saturated rings. The molecule has 1 amide bonds. The van der Waals surface area contributed by atoms with E-state index in [0.29, 0.717) is 0 Å². The maximum Gasteiger partial charge on any atom is 0.405 e. The van der Waals surface area contributed by atoms with Gasteiger partial charge in [-0.15, -0.1) is 0 Å². The zero-order valence-corrected chi connectivity index (χ0v) is 19.3. The topological polar surface area (TPSA) is 167 Å². The van der Waals surface area contributed by atoms with Gasteiger partial charge < -0.3 is 24.4 Å². The maximum atomic E-state index is 15.3. The van der Waals surface area contributed by atoms with Crippen LogP contribution in [0.3, 0.4) is 0 Å². The number of hydrogen-bond acceptors (Lipinski definition) is 10.